The van der Waals surface area contributed by atoms with Gasteiger partial charge >= 0.3 is 0 Å². The Balaban J connectivity index is 2.08. The Morgan fingerprint density at radius 1 is 1.10 bits per heavy atom. The fourth-order valence-corrected chi connectivity index (χ4v) is 2.36. The maximum atomic E-state index is 13.6. The third-order valence-electron chi connectivity index (χ3n) is 3.04. The number of halogens is 4. The summed E-state index contributed by atoms with van der Waals surface area (Å²) in [7, 11) is 0. The van der Waals surface area contributed by atoms with Crippen molar-refractivity contribution in [3.8, 4) is 0 Å². The van der Waals surface area contributed by atoms with Gasteiger partial charge in [0.2, 0.25) is 0 Å². The van der Waals surface area contributed by atoms with Gasteiger partial charge in [-0.2, -0.15) is 0 Å². The zero-order valence-corrected chi connectivity index (χ0v) is 12.3. The van der Waals surface area contributed by atoms with Crippen LogP contribution in [0.25, 0.3) is 0 Å². The van der Waals surface area contributed by atoms with E-state index in [0.29, 0.717) is 16.6 Å². The second-order valence-electron chi connectivity index (χ2n) is 4.50. The summed E-state index contributed by atoms with van der Waals surface area (Å²) in [5.41, 5.74) is 1.13. The van der Waals surface area contributed by atoms with Crippen molar-refractivity contribution in [2.75, 3.05) is 0 Å². The Bertz CT molecular complexity index is 617. The topological polar surface area (TPSA) is 12.0 Å². The van der Waals surface area contributed by atoms with Gasteiger partial charge in [-0.15, -0.1) is 0 Å². The van der Waals surface area contributed by atoms with Gasteiger partial charge in [0.05, 0.1) is 0 Å². The molecule has 0 heterocycles. The molecular weight excluding hydrogens is 303 g/mol. The first-order valence-corrected chi connectivity index (χ1v) is 6.85. The first kappa shape index (κ1) is 15.2. The summed E-state index contributed by atoms with van der Waals surface area (Å²) in [5.74, 6) is -0.895. The largest absolute Gasteiger partial charge is 0.306 e. The molecule has 0 saturated carbocycles. The molecule has 1 N–H and O–H groups in total. The molecule has 0 aliphatic rings. The second kappa shape index (κ2) is 6.53. The maximum absolute atomic E-state index is 13.6. The summed E-state index contributed by atoms with van der Waals surface area (Å²) in [6.07, 6.45) is 0. The lowest BCUT2D eigenvalue weighted by Crippen LogP contribution is -2.19. The number of rotatable bonds is 4. The van der Waals surface area contributed by atoms with Crippen LogP contribution in [0.2, 0.25) is 10.0 Å². The molecule has 1 atom stereocenters. The lowest BCUT2D eigenvalue weighted by molar-refractivity contribution is 0.518. The minimum atomic E-state index is -0.459. The Morgan fingerprint density at radius 3 is 2.55 bits per heavy atom. The summed E-state index contributed by atoms with van der Waals surface area (Å²) in [5, 5.41) is 4.21. The number of hydrogen-bond acceptors (Lipinski definition) is 1. The molecule has 1 unspecified atom stereocenters. The van der Waals surface area contributed by atoms with Gasteiger partial charge in [-0.1, -0.05) is 29.3 Å². The molecule has 2 rings (SSSR count). The van der Waals surface area contributed by atoms with Gasteiger partial charge < -0.3 is 5.32 Å². The standard InChI is InChI=1S/C15H13Cl2F2N/c1-9(13-7-12(18)4-5-15(13)19)20-8-10-2-3-11(16)6-14(10)17/h2-7,9,20H,8H2,1H3. The van der Waals surface area contributed by atoms with Crippen LogP contribution in [-0.2, 0) is 6.54 Å². The molecule has 0 aliphatic heterocycles. The normalized spacial score (nSPS) is 12.4. The van der Waals surface area contributed by atoms with Gasteiger partial charge in [-0.05, 0) is 42.8 Å². The predicted molar refractivity (Wildman–Crippen MR) is 78.1 cm³/mol. The fourth-order valence-electron chi connectivity index (χ4n) is 1.88. The van der Waals surface area contributed by atoms with Crippen LogP contribution in [0.15, 0.2) is 36.4 Å². The van der Waals surface area contributed by atoms with Crippen molar-refractivity contribution in [1.82, 2.24) is 5.32 Å². The van der Waals surface area contributed by atoms with Crippen LogP contribution in [0.4, 0.5) is 8.78 Å². The van der Waals surface area contributed by atoms with E-state index in [4.69, 9.17) is 23.2 Å². The van der Waals surface area contributed by atoms with Crippen molar-refractivity contribution in [3.05, 3.63) is 69.2 Å². The number of hydrogen-bond donors (Lipinski definition) is 1. The molecule has 1 nitrogen and oxygen atoms in total. The minimum absolute atomic E-state index is 0.287. The van der Waals surface area contributed by atoms with Crippen molar-refractivity contribution in [2.45, 2.75) is 19.5 Å². The lowest BCUT2D eigenvalue weighted by Gasteiger charge is -2.16. The molecule has 2 aromatic rings. The van der Waals surface area contributed by atoms with E-state index in [1.807, 2.05) is 0 Å². The highest BCUT2D eigenvalue weighted by molar-refractivity contribution is 6.35. The summed E-state index contributed by atoms with van der Waals surface area (Å²) < 4.78 is 26.8. The van der Waals surface area contributed by atoms with E-state index < -0.39 is 11.6 Å². The van der Waals surface area contributed by atoms with Crippen LogP contribution in [0.1, 0.15) is 24.1 Å². The van der Waals surface area contributed by atoms with Crippen LogP contribution >= 0.6 is 23.2 Å². The average Bonchev–Trinajstić information content (AvgIpc) is 2.40. The first-order chi connectivity index (χ1) is 9.47. The monoisotopic (exact) mass is 315 g/mol. The van der Waals surface area contributed by atoms with Crippen LogP contribution in [0.3, 0.4) is 0 Å². The zero-order chi connectivity index (χ0) is 14.7. The van der Waals surface area contributed by atoms with Gasteiger partial charge in [0.25, 0.3) is 0 Å². The van der Waals surface area contributed by atoms with E-state index in [2.05, 4.69) is 5.32 Å². The third-order valence-corrected chi connectivity index (χ3v) is 3.63. The molecule has 0 fully saturated rings. The molecule has 0 radical (unpaired) electrons. The quantitative estimate of drug-likeness (QED) is 0.825. The van der Waals surface area contributed by atoms with E-state index in [9.17, 15) is 8.78 Å². The van der Waals surface area contributed by atoms with Crippen LogP contribution in [0.5, 0.6) is 0 Å². The Kier molecular flexibility index (Phi) is 4.97. The molecule has 0 aliphatic carbocycles. The van der Waals surface area contributed by atoms with Crippen LogP contribution < -0.4 is 5.32 Å². The summed E-state index contributed by atoms with van der Waals surface area (Å²) in [6, 6.07) is 8.26. The number of nitrogens with one attached hydrogen (secondary N) is 1. The Labute approximate surface area is 126 Å². The van der Waals surface area contributed by atoms with Crippen molar-refractivity contribution in [3.63, 3.8) is 0 Å². The molecule has 0 bridgehead atoms. The predicted octanol–water partition coefficient (Wildman–Crippen LogP) is 5.12. The molecule has 0 spiro atoms. The molecule has 2 aromatic carbocycles. The summed E-state index contributed by atoms with van der Waals surface area (Å²) in [6.45, 7) is 2.20. The van der Waals surface area contributed by atoms with Gasteiger partial charge in [0, 0.05) is 28.2 Å². The average molecular weight is 316 g/mol. The smallest absolute Gasteiger partial charge is 0.128 e. The highest BCUT2D eigenvalue weighted by Gasteiger charge is 2.12. The van der Waals surface area contributed by atoms with Crippen molar-refractivity contribution < 1.29 is 8.78 Å². The second-order valence-corrected chi connectivity index (χ2v) is 5.35. The van der Waals surface area contributed by atoms with E-state index in [1.165, 1.54) is 6.07 Å². The van der Waals surface area contributed by atoms with Crippen LogP contribution in [0, 0.1) is 11.6 Å². The molecular formula is C15H13Cl2F2N. The van der Waals surface area contributed by atoms with Crippen molar-refractivity contribution in [1.29, 1.82) is 0 Å². The highest BCUT2D eigenvalue weighted by Crippen LogP contribution is 2.23. The van der Waals surface area contributed by atoms with Crippen molar-refractivity contribution >= 4 is 23.2 Å². The maximum Gasteiger partial charge on any atom is 0.128 e. The van der Waals surface area contributed by atoms with Gasteiger partial charge in [0.1, 0.15) is 11.6 Å². The Morgan fingerprint density at radius 2 is 1.85 bits per heavy atom. The molecule has 106 valence electrons. The van der Waals surface area contributed by atoms with Gasteiger partial charge in [-0.3, -0.25) is 0 Å². The summed E-state index contributed by atoms with van der Waals surface area (Å²) in [4.78, 5) is 0. The highest BCUT2D eigenvalue weighted by atomic mass is 35.5. The minimum Gasteiger partial charge on any atom is -0.306 e. The van der Waals surface area contributed by atoms with Crippen LogP contribution in [-0.4, -0.2) is 0 Å². The lowest BCUT2D eigenvalue weighted by atomic mass is 10.1. The van der Waals surface area contributed by atoms with Crippen molar-refractivity contribution in [2.24, 2.45) is 0 Å². The molecule has 0 amide bonds. The van der Waals surface area contributed by atoms with E-state index >= 15 is 0 Å². The Hall–Kier alpha value is -1.16. The third kappa shape index (κ3) is 3.69. The molecule has 5 heteroatoms. The molecule has 20 heavy (non-hydrogen) atoms. The zero-order valence-electron chi connectivity index (χ0n) is 10.8. The summed E-state index contributed by atoms with van der Waals surface area (Å²) >= 11 is 11.9. The van der Waals surface area contributed by atoms with E-state index in [-0.39, 0.29) is 11.6 Å². The first-order valence-electron chi connectivity index (χ1n) is 6.09. The molecule has 0 aromatic heterocycles. The number of benzene rings is 2. The van der Waals surface area contributed by atoms with E-state index in [0.717, 1.165) is 17.7 Å². The fraction of sp³-hybridized carbons (Fsp3) is 0.200. The van der Waals surface area contributed by atoms with Gasteiger partial charge in [0.15, 0.2) is 0 Å². The SMILES string of the molecule is CC(NCc1ccc(Cl)cc1Cl)c1cc(F)ccc1F. The molecule has 0 saturated heterocycles. The van der Waals surface area contributed by atoms with E-state index in [1.54, 1.807) is 25.1 Å². The van der Waals surface area contributed by atoms with Gasteiger partial charge in [-0.25, -0.2) is 8.78 Å².